The Labute approximate surface area is 110 Å². The number of rotatable bonds is 1. The molecular weight excluding hydrogens is 228 g/mol. The Bertz CT molecular complexity index is 360. The van der Waals surface area contributed by atoms with Crippen LogP contribution in [0, 0.1) is 0 Å². The molecule has 1 aliphatic heterocycles. The zero-order chi connectivity index (χ0) is 13.3. The van der Waals surface area contributed by atoms with Gasteiger partial charge in [0, 0.05) is 13.5 Å². The number of hydrogen-bond acceptors (Lipinski definition) is 3. The first-order valence-corrected chi connectivity index (χ1v) is 6.69. The van der Waals surface area contributed by atoms with Gasteiger partial charge in [0.1, 0.15) is 6.10 Å². The summed E-state index contributed by atoms with van der Waals surface area (Å²) in [5, 5.41) is 0. The van der Waals surface area contributed by atoms with Crippen molar-refractivity contribution in [1.29, 1.82) is 0 Å². The van der Waals surface area contributed by atoms with Crippen LogP contribution in [-0.4, -0.2) is 31.2 Å². The van der Waals surface area contributed by atoms with Crippen LogP contribution < -0.4 is 0 Å². The summed E-state index contributed by atoms with van der Waals surface area (Å²) in [6.45, 7) is 8.42. The molecule has 18 heavy (non-hydrogen) atoms. The Kier molecular flexibility index (Phi) is 3.95. The summed E-state index contributed by atoms with van der Waals surface area (Å²) in [6.07, 6.45) is 6.21. The lowest BCUT2D eigenvalue weighted by molar-refractivity contribution is -0.339. The van der Waals surface area contributed by atoms with Gasteiger partial charge in [0.05, 0.1) is 12.2 Å². The smallest absolute Gasteiger partial charge is 0.202 e. The fourth-order valence-electron chi connectivity index (χ4n) is 3.08. The largest absolute Gasteiger partial charge is 0.372 e. The molecule has 0 aromatic carbocycles. The second-order valence-electron chi connectivity index (χ2n) is 5.64. The molecule has 0 saturated carbocycles. The maximum absolute atomic E-state index is 6.15. The SMILES string of the molecule is CO[C@@H]1C=C(C)C=C(C)CC12O[C@H](C)C[C@H](C)O2. The van der Waals surface area contributed by atoms with Crippen LogP contribution in [0.15, 0.2) is 23.3 Å². The Morgan fingerprint density at radius 3 is 2.39 bits per heavy atom. The van der Waals surface area contributed by atoms with E-state index in [2.05, 4.69) is 39.8 Å². The zero-order valence-corrected chi connectivity index (χ0v) is 12.0. The minimum atomic E-state index is -0.663. The van der Waals surface area contributed by atoms with Crippen LogP contribution in [0.5, 0.6) is 0 Å². The lowest BCUT2D eigenvalue weighted by Crippen LogP contribution is -2.54. The van der Waals surface area contributed by atoms with E-state index in [1.807, 2.05) is 0 Å². The normalized spacial score (nSPS) is 41.3. The second kappa shape index (κ2) is 5.16. The van der Waals surface area contributed by atoms with Crippen molar-refractivity contribution in [3.63, 3.8) is 0 Å². The monoisotopic (exact) mass is 252 g/mol. The van der Waals surface area contributed by atoms with Gasteiger partial charge in [0.2, 0.25) is 5.79 Å². The van der Waals surface area contributed by atoms with Crippen molar-refractivity contribution in [3.05, 3.63) is 23.3 Å². The number of allylic oxidation sites excluding steroid dienone is 2. The second-order valence-corrected chi connectivity index (χ2v) is 5.64. The van der Waals surface area contributed by atoms with Crippen molar-refractivity contribution in [3.8, 4) is 0 Å². The molecule has 0 radical (unpaired) electrons. The van der Waals surface area contributed by atoms with Crippen LogP contribution in [0.4, 0.5) is 0 Å². The van der Waals surface area contributed by atoms with Crippen molar-refractivity contribution in [2.75, 3.05) is 7.11 Å². The number of ether oxygens (including phenoxy) is 3. The van der Waals surface area contributed by atoms with Crippen LogP contribution in [0.25, 0.3) is 0 Å². The summed E-state index contributed by atoms with van der Waals surface area (Å²) in [4.78, 5) is 0. The lowest BCUT2D eigenvalue weighted by atomic mass is 9.99. The third kappa shape index (κ3) is 2.68. The molecule has 0 aromatic heterocycles. The Morgan fingerprint density at radius 2 is 1.83 bits per heavy atom. The summed E-state index contributed by atoms with van der Waals surface area (Å²) in [5.41, 5.74) is 2.47. The van der Waals surface area contributed by atoms with Crippen LogP contribution >= 0.6 is 0 Å². The van der Waals surface area contributed by atoms with Crippen molar-refractivity contribution < 1.29 is 14.2 Å². The highest BCUT2D eigenvalue weighted by atomic mass is 16.7. The molecule has 1 unspecified atom stereocenters. The molecule has 3 heteroatoms. The summed E-state index contributed by atoms with van der Waals surface area (Å²) in [6, 6.07) is 0. The Balaban J connectivity index is 2.35. The molecule has 0 aromatic rings. The van der Waals surface area contributed by atoms with Gasteiger partial charge >= 0.3 is 0 Å². The highest BCUT2D eigenvalue weighted by molar-refractivity contribution is 5.27. The maximum Gasteiger partial charge on any atom is 0.202 e. The van der Waals surface area contributed by atoms with Gasteiger partial charge in [-0.05, 0) is 40.2 Å². The van der Waals surface area contributed by atoms with Crippen LogP contribution in [-0.2, 0) is 14.2 Å². The molecule has 1 saturated heterocycles. The van der Waals surface area contributed by atoms with E-state index in [9.17, 15) is 0 Å². The van der Waals surface area contributed by atoms with Gasteiger partial charge in [0.25, 0.3) is 0 Å². The quantitative estimate of drug-likeness (QED) is 0.717. The van der Waals surface area contributed by atoms with Gasteiger partial charge in [-0.3, -0.25) is 0 Å². The van der Waals surface area contributed by atoms with Gasteiger partial charge in [-0.2, -0.15) is 0 Å². The van der Waals surface area contributed by atoms with E-state index in [-0.39, 0.29) is 18.3 Å². The average molecular weight is 252 g/mol. The highest BCUT2D eigenvalue weighted by Crippen LogP contribution is 2.38. The molecule has 3 nitrogen and oxygen atoms in total. The van der Waals surface area contributed by atoms with E-state index in [1.165, 1.54) is 11.1 Å². The molecule has 4 atom stereocenters. The molecule has 102 valence electrons. The summed E-state index contributed by atoms with van der Waals surface area (Å²) >= 11 is 0. The first kappa shape index (κ1) is 13.8. The molecule has 2 rings (SSSR count). The molecule has 2 aliphatic rings. The first-order chi connectivity index (χ1) is 8.45. The third-order valence-corrected chi connectivity index (χ3v) is 3.57. The fourth-order valence-corrected chi connectivity index (χ4v) is 3.08. The maximum atomic E-state index is 6.15. The summed E-state index contributed by atoms with van der Waals surface area (Å²) in [5.74, 6) is -0.663. The van der Waals surface area contributed by atoms with E-state index in [0.717, 1.165) is 12.8 Å². The van der Waals surface area contributed by atoms with Gasteiger partial charge in [-0.25, -0.2) is 0 Å². The van der Waals surface area contributed by atoms with E-state index in [4.69, 9.17) is 14.2 Å². The summed E-state index contributed by atoms with van der Waals surface area (Å²) < 4.78 is 17.9. The molecular formula is C15H24O3. The molecule has 0 amide bonds. The van der Waals surface area contributed by atoms with E-state index < -0.39 is 5.79 Å². The summed E-state index contributed by atoms with van der Waals surface area (Å²) in [7, 11) is 1.72. The number of hydrogen-bond donors (Lipinski definition) is 0. The van der Waals surface area contributed by atoms with Crippen LogP contribution in [0.3, 0.4) is 0 Å². The molecule has 0 N–H and O–H groups in total. The van der Waals surface area contributed by atoms with Crippen LogP contribution in [0.2, 0.25) is 0 Å². The van der Waals surface area contributed by atoms with Crippen molar-refractivity contribution in [2.45, 2.75) is 64.6 Å². The van der Waals surface area contributed by atoms with Gasteiger partial charge < -0.3 is 14.2 Å². The van der Waals surface area contributed by atoms with Gasteiger partial charge in [-0.1, -0.05) is 17.2 Å². The van der Waals surface area contributed by atoms with Crippen molar-refractivity contribution in [2.24, 2.45) is 0 Å². The first-order valence-electron chi connectivity index (χ1n) is 6.69. The minimum absolute atomic E-state index is 0.156. The van der Waals surface area contributed by atoms with Crippen molar-refractivity contribution in [1.82, 2.24) is 0 Å². The molecule has 0 bridgehead atoms. The van der Waals surface area contributed by atoms with Crippen molar-refractivity contribution >= 4 is 0 Å². The van der Waals surface area contributed by atoms with E-state index in [0.29, 0.717) is 0 Å². The van der Waals surface area contributed by atoms with Gasteiger partial charge in [0.15, 0.2) is 0 Å². The highest BCUT2D eigenvalue weighted by Gasteiger charge is 2.47. The average Bonchev–Trinajstić information content (AvgIpc) is 2.33. The molecule has 1 fully saturated rings. The molecule has 1 aliphatic carbocycles. The fraction of sp³-hybridized carbons (Fsp3) is 0.733. The Morgan fingerprint density at radius 1 is 1.22 bits per heavy atom. The molecule has 1 heterocycles. The zero-order valence-electron chi connectivity index (χ0n) is 12.0. The van der Waals surface area contributed by atoms with E-state index >= 15 is 0 Å². The molecule has 1 spiro atoms. The van der Waals surface area contributed by atoms with E-state index in [1.54, 1.807) is 7.11 Å². The Hall–Kier alpha value is -0.640. The topological polar surface area (TPSA) is 27.7 Å². The minimum Gasteiger partial charge on any atom is -0.372 e. The van der Waals surface area contributed by atoms with Gasteiger partial charge in [-0.15, -0.1) is 0 Å². The predicted molar refractivity (Wildman–Crippen MR) is 71.4 cm³/mol. The van der Waals surface area contributed by atoms with Crippen LogP contribution in [0.1, 0.15) is 40.5 Å². The lowest BCUT2D eigenvalue weighted by Gasteiger charge is -2.46. The predicted octanol–water partition coefficient (Wildman–Crippen LogP) is 3.21. The standard InChI is InChI=1S/C15H24O3/c1-10-6-11(2)9-15(14(7-10)16-5)17-12(3)8-13(4)18-15/h6-7,12-14H,8-9H2,1-5H3/t12-,13+,14-,15?/m1/s1. The third-order valence-electron chi connectivity index (χ3n) is 3.57. The number of methoxy groups -OCH3 is 1.